The van der Waals surface area contributed by atoms with E-state index in [2.05, 4.69) is 12.6 Å². The van der Waals surface area contributed by atoms with Crippen molar-refractivity contribution < 1.29 is 9.53 Å². The van der Waals surface area contributed by atoms with E-state index in [0.717, 1.165) is 31.7 Å². The Morgan fingerprint density at radius 1 is 1.31 bits per heavy atom. The van der Waals surface area contributed by atoms with Gasteiger partial charge < -0.3 is 9.64 Å². The molecule has 2 saturated heterocycles. The van der Waals surface area contributed by atoms with E-state index in [0.29, 0.717) is 24.5 Å². The number of hydrogen-bond acceptors (Lipinski definition) is 3. The summed E-state index contributed by atoms with van der Waals surface area (Å²) in [4.78, 5) is 14.2. The number of nitrogens with zero attached hydrogens (tertiary/aromatic N) is 1. The first-order chi connectivity index (χ1) is 7.71. The summed E-state index contributed by atoms with van der Waals surface area (Å²) in [5.74, 6) is 1.18. The number of likely N-dealkylation sites (tertiary alicyclic amines) is 1. The Hall–Kier alpha value is -0.220. The first-order valence-corrected chi connectivity index (χ1v) is 6.88. The molecule has 3 aliphatic rings. The molecule has 1 amide bonds. The maximum atomic E-state index is 12.2. The first-order valence-electron chi connectivity index (χ1n) is 6.25. The van der Waals surface area contributed by atoms with Crippen LogP contribution in [0.25, 0.3) is 0 Å². The lowest BCUT2D eigenvalue weighted by Gasteiger charge is -2.33. The minimum Gasteiger partial charge on any atom is -0.371 e. The Bertz CT molecular complexity index is 291. The highest BCUT2D eigenvalue weighted by molar-refractivity contribution is 7.80. The van der Waals surface area contributed by atoms with Gasteiger partial charge in [0.1, 0.15) is 0 Å². The Balaban J connectivity index is 1.59. The number of carbonyl (C=O) groups excluding carboxylic acids is 1. The number of thiol groups is 1. The molecule has 2 bridgehead atoms. The Kier molecular flexibility index (Phi) is 2.67. The molecule has 0 radical (unpaired) electrons. The monoisotopic (exact) mass is 241 g/mol. The standard InChI is InChI=1S/C12H19NO2S/c14-11(5-12(8-16)3-4-12)13-6-9-1-2-10(7-13)15-9/h9-10,16H,1-8H2. The number of amides is 1. The second-order valence-electron chi connectivity index (χ2n) is 5.59. The van der Waals surface area contributed by atoms with Crippen LogP contribution in [-0.4, -0.2) is 41.9 Å². The van der Waals surface area contributed by atoms with Crippen LogP contribution in [0.5, 0.6) is 0 Å². The predicted octanol–water partition coefficient (Wildman–Crippen LogP) is 1.48. The van der Waals surface area contributed by atoms with E-state index in [-0.39, 0.29) is 5.41 Å². The van der Waals surface area contributed by atoms with Gasteiger partial charge in [-0.15, -0.1) is 0 Å². The zero-order valence-electron chi connectivity index (χ0n) is 9.52. The lowest BCUT2D eigenvalue weighted by molar-refractivity contribution is -0.141. The Labute approximate surface area is 102 Å². The molecule has 3 rings (SSSR count). The Morgan fingerprint density at radius 2 is 1.94 bits per heavy atom. The quantitative estimate of drug-likeness (QED) is 0.758. The van der Waals surface area contributed by atoms with Crippen LogP contribution in [0, 0.1) is 5.41 Å². The van der Waals surface area contributed by atoms with Crippen molar-refractivity contribution >= 4 is 18.5 Å². The second-order valence-corrected chi connectivity index (χ2v) is 5.91. The average Bonchev–Trinajstić information content (AvgIpc) is 2.99. The van der Waals surface area contributed by atoms with Crippen LogP contribution in [0.15, 0.2) is 0 Å². The summed E-state index contributed by atoms with van der Waals surface area (Å²) in [7, 11) is 0. The van der Waals surface area contributed by atoms with Crippen LogP contribution < -0.4 is 0 Å². The molecule has 2 aliphatic heterocycles. The number of hydrogen-bond donors (Lipinski definition) is 1. The smallest absolute Gasteiger partial charge is 0.223 e. The highest BCUT2D eigenvalue weighted by atomic mass is 32.1. The summed E-state index contributed by atoms with van der Waals surface area (Å²) >= 11 is 4.35. The minimum absolute atomic E-state index is 0.248. The molecule has 4 heteroatoms. The molecule has 0 spiro atoms. The van der Waals surface area contributed by atoms with Gasteiger partial charge in [-0.2, -0.15) is 12.6 Å². The topological polar surface area (TPSA) is 29.5 Å². The highest BCUT2D eigenvalue weighted by Gasteiger charge is 2.45. The van der Waals surface area contributed by atoms with E-state index in [1.54, 1.807) is 0 Å². The van der Waals surface area contributed by atoms with Gasteiger partial charge in [0.05, 0.1) is 12.2 Å². The molecule has 1 saturated carbocycles. The van der Waals surface area contributed by atoms with Crippen molar-refractivity contribution in [3.05, 3.63) is 0 Å². The van der Waals surface area contributed by atoms with Gasteiger partial charge in [0.15, 0.2) is 0 Å². The molecule has 90 valence electrons. The van der Waals surface area contributed by atoms with Gasteiger partial charge in [0, 0.05) is 19.5 Å². The fourth-order valence-corrected chi connectivity index (χ4v) is 3.25. The molecule has 2 unspecified atom stereocenters. The van der Waals surface area contributed by atoms with Crippen LogP contribution in [0.2, 0.25) is 0 Å². The predicted molar refractivity (Wildman–Crippen MR) is 64.6 cm³/mol. The van der Waals surface area contributed by atoms with E-state index in [4.69, 9.17) is 4.74 Å². The maximum absolute atomic E-state index is 12.2. The van der Waals surface area contributed by atoms with Crippen LogP contribution >= 0.6 is 12.6 Å². The van der Waals surface area contributed by atoms with Crippen molar-refractivity contribution in [2.24, 2.45) is 5.41 Å². The zero-order valence-corrected chi connectivity index (χ0v) is 10.4. The van der Waals surface area contributed by atoms with Crippen LogP contribution in [-0.2, 0) is 9.53 Å². The van der Waals surface area contributed by atoms with Crippen LogP contribution in [0.1, 0.15) is 32.1 Å². The fraction of sp³-hybridized carbons (Fsp3) is 0.917. The summed E-state index contributed by atoms with van der Waals surface area (Å²) in [6.45, 7) is 1.63. The molecule has 2 atom stereocenters. The minimum atomic E-state index is 0.248. The van der Waals surface area contributed by atoms with Gasteiger partial charge >= 0.3 is 0 Å². The van der Waals surface area contributed by atoms with Gasteiger partial charge in [-0.05, 0) is 36.9 Å². The molecule has 0 aromatic rings. The van der Waals surface area contributed by atoms with Crippen molar-refractivity contribution in [2.45, 2.75) is 44.3 Å². The van der Waals surface area contributed by atoms with Crippen molar-refractivity contribution in [3.8, 4) is 0 Å². The number of carbonyl (C=O) groups is 1. The fourth-order valence-electron chi connectivity index (χ4n) is 2.82. The zero-order chi connectivity index (χ0) is 11.2. The average molecular weight is 241 g/mol. The van der Waals surface area contributed by atoms with Crippen LogP contribution in [0.3, 0.4) is 0 Å². The molecule has 16 heavy (non-hydrogen) atoms. The maximum Gasteiger partial charge on any atom is 0.223 e. The summed E-state index contributed by atoms with van der Waals surface area (Å²) in [5, 5.41) is 0. The van der Waals surface area contributed by atoms with Crippen molar-refractivity contribution in [1.29, 1.82) is 0 Å². The third-order valence-corrected chi connectivity index (χ3v) is 4.89. The molecule has 0 aromatic carbocycles. The normalized spacial score (nSPS) is 35.2. The van der Waals surface area contributed by atoms with Gasteiger partial charge in [0.2, 0.25) is 5.91 Å². The summed E-state index contributed by atoms with van der Waals surface area (Å²) in [6, 6.07) is 0. The molecule has 3 nitrogen and oxygen atoms in total. The lowest BCUT2D eigenvalue weighted by Crippen LogP contribution is -2.46. The van der Waals surface area contributed by atoms with E-state index in [9.17, 15) is 4.79 Å². The molecule has 0 aromatic heterocycles. The molecular weight excluding hydrogens is 222 g/mol. The number of rotatable bonds is 3. The van der Waals surface area contributed by atoms with Gasteiger partial charge in [-0.25, -0.2) is 0 Å². The molecular formula is C12H19NO2S. The summed E-state index contributed by atoms with van der Waals surface area (Å²) < 4.78 is 5.74. The van der Waals surface area contributed by atoms with E-state index in [1.165, 1.54) is 12.8 Å². The molecule has 2 heterocycles. The van der Waals surface area contributed by atoms with Crippen LogP contribution in [0.4, 0.5) is 0 Å². The largest absolute Gasteiger partial charge is 0.371 e. The number of fused-ring (bicyclic) bond motifs is 2. The van der Waals surface area contributed by atoms with Crippen molar-refractivity contribution in [1.82, 2.24) is 4.90 Å². The Morgan fingerprint density at radius 3 is 2.44 bits per heavy atom. The lowest BCUT2D eigenvalue weighted by atomic mass is 10.0. The van der Waals surface area contributed by atoms with Gasteiger partial charge in [-0.1, -0.05) is 0 Å². The SMILES string of the molecule is O=C(CC1(CS)CC1)N1CC2CCC(C1)O2. The molecule has 1 aliphatic carbocycles. The highest BCUT2D eigenvalue weighted by Crippen LogP contribution is 2.50. The molecule has 0 N–H and O–H groups in total. The molecule has 3 fully saturated rings. The third kappa shape index (κ3) is 1.97. The van der Waals surface area contributed by atoms with Crippen molar-refractivity contribution in [2.75, 3.05) is 18.8 Å². The van der Waals surface area contributed by atoms with Crippen molar-refractivity contribution in [3.63, 3.8) is 0 Å². The van der Waals surface area contributed by atoms with E-state index < -0.39 is 0 Å². The third-order valence-electron chi connectivity index (χ3n) is 4.22. The number of morpholine rings is 1. The van der Waals surface area contributed by atoms with E-state index >= 15 is 0 Å². The first kappa shape index (κ1) is 10.9. The number of ether oxygens (including phenoxy) is 1. The summed E-state index contributed by atoms with van der Waals surface area (Å²) in [6.07, 6.45) is 5.95. The van der Waals surface area contributed by atoms with E-state index in [1.807, 2.05) is 4.90 Å². The van der Waals surface area contributed by atoms with Gasteiger partial charge in [0.25, 0.3) is 0 Å². The second kappa shape index (κ2) is 3.91. The van der Waals surface area contributed by atoms with Gasteiger partial charge in [-0.3, -0.25) is 4.79 Å². The summed E-state index contributed by atoms with van der Waals surface area (Å²) in [5.41, 5.74) is 0.248.